The Labute approximate surface area is 76.9 Å². The molecule has 0 rings (SSSR count). The van der Waals surface area contributed by atoms with Crippen molar-refractivity contribution in [2.45, 2.75) is 0 Å². The predicted octanol–water partition coefficient (Wildman–Crippen LogP) is -2.96. The molecule has 0 bridgehead atoms. The molecule has 0 saturated carbocycles. The molecule has 0 radical (unpaired) electrons. The second-order valence-electron chi connectivity index (χ2n) is 0. The van der Waals surface area contributed by atoms with E-state index in [0.717, 1.165) is 0 Å². The second-order valence-corrected chi connectivity index (χ2v) is 0. The average molecular weight is 201 g/mol. The van der Waals surface area contributed by atoms with Crippen molar-refractivity contribution < 1.29 is 0 Å². The Morgan fingerprint density at radius 3 is 0.600 bits per heavy atom. The van der Waals surface area contributed by atoms with Gasteiger partial charge in [0.2, 0.25) is 0 Å². The third-order valence-corrected chi connectivity index (χ3v) is 0. The minimum absolute atomic E-state index is 0. The zero-order chi connectivity index (χ0) is 0. The Morgan fingerprint density at radius 1 is 0.600 bits per heavy atom. The smallest absolute Gasteiger partial charge is 0.344 e. The molecule has 0 amide bonds. The van der Waals surface area contributed by atoms with Gasteiger partial charge < -0.3 is 12.3 Å². The number of rotatable bonds is 0. The van der Waals surface area contributed by atoms with Gasteiger partial charge in [0, 0.05) is 0 Å². The Balaban J connectivity index is 0. The first-order valence-corrected chi connectivity index (χ1v) is 0. The van der Waals surface area contributed by atoms with Crippen molar-refractivity contribution in [3.8, 4) is 0 Å². The van der Waals surface area contributed by atoms with Gasteiger partial charge >= 0.3 is 48.9 Å². The molecule has 2 nitrogen and oxygen atoms in total. The van der Waals surface area contributed by atoms with Crippen LogP contribution in [0.15, 0.2) is 0 Å². The number of hydrogen-bond acceptors (Lipinski definition) is 2. The molecule has 0 aromatic heterocycles. The maximum Gasteiger partial charge on any atom is 2.00 e. The van der Waals surface area contributed by atoms with Crippen molar-refractivity contribution in [1.82, 2.24) is 12.3 Å². The van der Waals surface area contributed by atoms with Crippen molar-refractivity contribution >= 4 is 65.7 Å². The molecule has 0 aliphatic carbocycles. The van der Waals surface area contributed by atoms with Crippen LogP contribution in [0.2, 0.25) is 0 Å². The normalized spacial score (nSPS) is 0. The molecule has 6 N–H and O–H groups in total. The van der Waals surface area contributed by atoms with Gasteiger partial charge in [-0.25, -0.2) is 0 Å². The summed E-state index contributed by atoms with van der Waals surface area (Å²) < 4.78 is 0. The minimum atomic E-state index is 0. The van der Waals surface area contributed by atoms with Crippen molar-refractivity contribution in [3.63, 3.8) is 0 Å². The van der Waals surface area contributed by atoms with E-state index in [1.807, 2.05) is 0 Å². The van der Waals surface area contributed by atoms with Gasteiger partial charge in [-0.1, -0.05) is 16.8 Å². The van der Waals surface area contributed by atoms with Crippen LogP contribution >= 0.6 is 0 Å². The van der Waals surface area contributed by atoms with Crippen LogP contribution in [-0.4, -0.2) is 65.7 Å². The molecule has 0 spiro atoms. The summed E-state index contributed by atoms with van der Waals surface area (Å²) in [6.45, 7) is 0. The molecule has 32 valence electrons. The van der Waals surface area contributed by atoms with Gasteiger partial charge in [0.25, 0.3) is 0 Å². The third-order valence-electron chi connectivity index (χ3n) is 0. The van der Waals surface area contributed by atoms with E-state index in [-0.39, 0.29) is 78.0 Å². The summed E-state index contributed by atoms with van der Waals surface area (Å²) in [5.41, 5.74) is 0. The summed E-state index contributed by atoms with van der Waals surface area (Å²) in [4.78, 5) is 0. The van der Waals surface area contributed by atoms with E-state index in [2.05, 4.69) is 0 Å². The Kier molecular flexibility index (Phi) is 727. The second kappa shape index (κ2) is 45.7. The van der Waals surface area contributed by atoms with Gasteiger partial charge in [-0.3, -0.25) is 0 Å². The molecule has 0 fully saturated rings. The van der Waals surface area contributed by atoms with E-state index in [4.69, 9.17) is 0 Å². The maximum atomic E-state index is 0. The average Bonchev–Trinajstić information content (AvgIpc) is 0. The van der Waals surface area contributed by atoms with E-state index >= 15 is 0 Å². The Bertz CT molecular complexity index is 7.61. The predicted molar refractivity (Wildman–Crippen MR) is 38.5 cm³/mol. The van der Waals surface area contributed by atoms with E-state index in [1.165, 1.54) is 0 Å². The zero-order valence-corrected chi connectivity index (χ0v) is 6.56. The quantitative estimate of drug-likeness (QED) is 0.411. The first-order valence-electron chi connectivity index (χ1n) is 0. The molecule has 0 aromatic carbocycles. The summed E-state index contributed by atoms with van der Waals surface area (Å²) >= 11 is 0. The number of hydrogen-bond donors (Lipinski definition) is 2. The first-order chi connectivity index (χ1) is 0. The van der Waals surface area contributed by atoms with Crippen molar-refractivity contribution in [2.24, 2.45) is 0 Å². The minimum Gasteiger partial charge on any atom is -0.344 e. The molecule has 5 heavy (non-hydrogen) atoms. The van der Waals surface area contributed by atoms with Crippen LogP contribution in [0.4, 0.5) is 0 Å². The Morgan fingerprint density at radius 2 is 0.600 bits per heavy atom. The van der Waals surface area contributed by atoms with E-state index < -0.39 is 0 Å². The summed E-state index contributed by atoms with van der Waals surface area (Å²) in [7, 11) is 0. The molecule has 5 heteroatoms. The molecule has 0 atom stereocenters. The third kappa shape index (κ3) is 28.0. The van der Waals surface area contributed by atoms with Crippen molar-refractivity contribution in [1.29, 1.82) is 0 Å². The van der Waals surface area contributed by atoms with E-state index in [1.54, 1.807) is 0 Å². The standard InChI is InChI=1S/2BH4.Ba.2H3N/h2*1H4;;2*1H3/q2*-1;+2;;. The monoisotopic (exact) mass is 202 g/mol. The first kappa shape index (κ1) is 79.6. The van der Waals surface area contributed by atoms with Gasteiger partial charge in [0.1, 0.15) is 0 Å². The molecule has 0 aromatic rings. The van der Waals surface area contributed by atoms with Gasteiger partial charge in [0.05, 0.1) is 0 Å². The van der Waals surface area contributed by atoms with Gasteiger partial charge in [-0.05, 0) is 0 Å². The van der Waals surface area contributed by atoms with E-state index in [9.17, 15) is 0 Å². The largest absolute Gasteiger partial charge is 2.00 e. The van der Waals surface area contributed by atoms with Crippen LogP contribution in [0.5, 0.6) is 0 Å². The van der Waals surface area contributed by atoms with Crippen LogP contribution in [0.25, 0.3) is 0 Å². The Hall–Kier alpha value is 1.62. The summed E-state index contributed by atoms with van der Waals surface area (Å²) in [5.74, 6) is 0. The molecule has 0 aliphatic heterocycles. The van der Waals surface area contributed by atoms with Gasteiger partial charge in [0.15, 0.2) is 0 Å². The van der Waals surface area contributed by atoms with Crippen LogP contribution in [0, 0.1) is 0 Å². The topological polar surface area (TPSA) is 70.0 Å². The van der Waals surface area contributed by atoms with Gasteiger partial charge in [-0.2, -0.15) is 0 Å². The van der Waals surface area contributed by atoms with Gasteiger partial charge in [-0.15, -0.1) is 0 Å². The summed E-state index contributed by atoms with van der Waals surface area (Å²) in [6, 6.07) is 0. The maximum absolute atomic E-state index is 0. The molecule has 0 aliphatic rings. The van der Waals surface area contributed by atoms with Crippen LogP contribution in [-0.2, 0) is 0 Å². The van der Waals surface area contributed by atoms with Crippen molar-refractivity contribution in [2.75, 3.05) is 0 Å². The van der Waals surface area contributed by atoms with Crippen molar-refractivity contribution in [3.05, 3.63) is 0 Å². The fourth-order valence-electron chi connectivity index (χ4n) is 0. The molecular weight excluding hydrogens is 187 g/mol. The molecule has 0 unspecified atom stereocenters. The van der Waals surface area contributed by atoms with Crippen LogP contribution < -0.4 is 12.3 Å². The fraction of sp³-hybridized carbons (Fsp3) is 0. The fourth-order valence-corrected chi connectivity index (χ4v) is 0. The zero-order valence-electron chi connectivity index (χ0n) is 2.12. The summed E-state index contributed by atoms with van der Waals surface area (Å²) in [6.07, 6.45) is 0. The van der Waals surface area contributed by atoms with Crippen LogP contribution in [0.3, 0.4) is 0 Å². The van der Waals surface area contributed by atoms with E-state index in [0.29, 0.717) is 0 Å². The molecular formula is H14B2BaN2. The molecule has 0 saturated heterocycles. The summed E-state index contributed by atoms with van der Waals surface area (Å²) in [5, 5.41) is 0. The van der Waals surface area contributed by atoms with Crippen LogP contribution in [0.1, 0.15) is 0 Å². The SMILES string of the molecule is N.N.[BH4-].[BH4-].[Ba+2]. The molecule has 0 heterocycles.